The Hall–Kier alpha value is -2.77. The number of benzene rings is 1. The van der Waals surface area contributed by atoms with Crippen molar-refractivity contribution in [3.05, 3.63) is 30.1 Å². The van der Waals surface area contributed by atoms with Gasteiger partial charge in [-0.25, -0.2) is 4.68 Å². The second-order valence-corrected chi connectivity index (χ2v) is 6.13. The first-order chi connectivity index (χ1) is 11.5. The molecule has 0 atom stereocenters. The average Bonchev–Trinajstić information content (AvgIpc) is 3.11. The summed E-state index contributed by atoms with van der Waals surface area (Å²) in [4.78, 5) is 23.4. The van der Waals surface area contributed by atoms with Gasteiger partial charge in [0.1, 0.15) is 6.33 Å². The molecule has 0 aliphatic heterocycles. The van der Waals surface area contributed by atoms with E-state index in [0.717, 1.165) is 11.3 Å². The number of nitrogens with zero attached hydrogens (tertiary/aromatic N) is 4. The highest BCUT2D eigenvalue weighted by atomic mass is 16.4. The third-order valence-corrected chi connectivity index (χ3v) is 4.52. The number of carbonyl (C=O) groups excluding carboxylic acids is 1. The van der Waals surface area contributed by atoms with E-state index < -0.39 is 5.97 Å². The summed E-state index contributed by atoms with van der Waals surface area (Å²) in [5.74, 6) is -1.29. The van der Waals surface area contributed by atoms with E-state index in [-0.39, 0.29) is 17.7 Å². The first-order valence-electron chi connectivity index (χ1n) is 7.92. The minimum Gasteiger partial charge on any atom is -0.481 e. The van der Waals surface area contributed by atoms with E-state index in [9.17, 15) is 9.59 Å². The Bertz CT molecular complexity index is 736. The first kappa shape index (κ1) is 16.1. The van der Waals surface area contributed by atoms with Crippen LogP contribution in [0.1, 0.15) is 31.2 Å². The molecule has 1 saturated carbocycles. The number of aryl methyl sites for hydroxylation is 1. The molecule has 1 amide bonds. The fourth-order valence-electron chi connectivity index (χ4n) is 3.05. The lowest BCUT2D eigenvalue weighted by molar-refractivity contribution is -0.143. The fraction of sp³-hybridized carbons (Fsp3) is 0.438. The van der Waals surface area contributed by atoms with Crippen LogP contribution in [0, 0.1) is 18.8 Å². The first-order valence-corrected chi connectivity index (χ1v) is 7.92. The number of hydrogen-bond acceptors (Lipinski definition) is 5. The summed E-state index contributed by atoms with van der Waals surface area (Å²) in [6.07, 6.45) is 3.82. The van der Waals surface area contributed by atoms with Gasteiger partial charge in [0.05, 0.1) is 11.6 Å². The minimum absolute atomic E-state index is 0.0645. The number of carboxylic acids is 1. The van der Waals surface area contributed by atoms with Gasteiger partial charge in [-0.05, 0) is 60.7 Å². The maximum absolute atomic E-state index is 12.4. The van der Waals surface area contributed by atoms with Crippen LogP contribution in [0.25, 0.3) is 5.69 Å². The SMILES string of the molecule is Cc1ccc(NC(=O)C2CCC(C(=O)O)CC2)cc1-n1cnnn1. The van der Waals surface area contributed by atoms with Crippen molar-refractivity contribution >= 4 is 17.6 Å². The van der Waals surface area contributed by atoms with Crippen LogP contribution in [0.4, 0.5) is 5.69 Å². The quantitative estimate of drug-likeness (QED) is 0.885. The predicted octanol–water partition coefficient (Wildman–Crippen LogP) is 1.80. The molecule has 8 heteroatoms. The summed E-state index contributed by atoms with van der Waals surface area (Å²) < 4.78 is 1.54. The largest absolute Gasteiger partial charge is 0.481 e. The second-order valence-electron chi connectivity index (χ2n) is 6.13. The Labute approximate surface area is 138 Å². The molecule has 1 aromatic heterocycles. The van der Waals surface area contributed by atoms with Crippen LogP contribution in [0.5, 0.6) is 0 Å². The molecule has 24 heavy (non-hydrogen) atoms. The molecule has 2 N–H and O–H groups in total. The van der Waals surface area contributed by atoms with Crippen molar-refractivity contribution < 1.29 is 14.7 Å². The lowest BCUT2D eigenvalue weighted by Crippen LogP contribution is -2.29. The fourth-order valence-corrected chi connectivity index (χ4v) is 3.05. The Morgan fingerprint density at radius 2 is 1.92 bits per heavy atom. The molecule has 0 unspecified atom stereocenters. The monoisotopic (exact) mass is 329 g/mol. The topological polar surface area (TPSA) is 110 Å². The molecule has 1 aliphatic rings. The molecule has 3 rings (SSSR count). The number of aromatic nitrogens is 4. The second kappa shape index (κ2) is 6.77. The third kappa shape index (κ3) is 3.42. The van der Waals surface area contributed by atoms with Crippen molar-refractivity contribution in [1.29, 1.82) is 0 Å². The van der Waals surface area contributed by atoms with Gasteiger partial charge in [-0.15, -0.1) is 5.10 Å². The van der Waals surface area contributed by atoms with Crippen molar-refractivity contribution in [3.63, 3.8) is 0 Å². The lowest BCUT2D eigenvalue weighted by Gasteiger charge is -2.25. The predicted molar refractivity (Wildman–Crippen MR) is 85.6 cm³/mol. The molecule has 1 aromatic carbocycles. The van der Waals surface area contributed by atoms with Gasteiger partial charge in [-0.2, -0.15) is 0 Å². The molecule has 1 fully saturated rings. The normalized spacial score (nSPS) is 20.5. The molecule has 0 spiro atoms. The van der Waals surface area contributed by atoms with Crippen molar-refractivity contribution in [1.82, 2.24) is 20.2 Å². The number of aliphatic carboxylic acids is 1. The Balaban J connectivity index is 1.67. The number of carboxylic acid groups (broad SMARTS) is 1. The van der Waals surface area contributed by atoms with Crippen LogP contribution in [0.3, 0.4) is 0 Å². The summed E-state index contributed by atoms with van der Waals surface area (Å²) in [6, 6.07) is 5.56. The Morgan fingerprint density at radius 3 is 2.54 bits per heavy atom. The van der Waals surface area contributed by atoms with Gasteiger partial charge in [-0.3, -0.25) is 9.59 Å². The molecule has 0 saturated heterocycles. The number of carbonyl (C=O) groups is 2. The molecule has 0 radical (unpaired) electrons. The van der Waals surface area contributed by atoms with Crippen LogP contribution < -0.4 is 5.32 Å². The van der Waals surface area contributed by atoms with Gasteiger partial charge in [0, 0.05) is 11.6 Å². The van der Waals surface area contributed by atoms with Gasteiger partial charge in [-0.1, -0.05) is 6.07 Å². The number of nitrogens with one attached hydrogen (secondary N) is 1. The Kier molecular flexibility index (Phi) is 4.54. The zero-order valence-corrected chi connectivity index (χ0v) is 13.3. The maximum atomic E-state index is 12.4. The highest BCUT2D eigenvalue weighted by Crippen LogP contribution is 2.30. The van der Waals surface area contributed by atoms with E-state index in [2.05, 4.69) is 20.8 Å². The zero-order valence-electron chi connectivity index (χ0n) is 13.3. The summed E-state index contributed by atoms with van der Waals surface area (Å²) >= 11 is 0. The summed E-state index contributed by atoms with van der Waals surface area (Å²) in [6.45, 7) is 1.94. The third-order valence-electron chi connectivity index (χ3n) is 4.52. The number of hydrogen-bond donors (Lipinski definition) is 2. The lowest BCUT2D eigenvalue weighted by atomic mass is 9.81. The van der Waals surface area contributed by atoms with E-state index in [1.165, 1.54) is 6.33 Å². The van der Waals surface area contributed by atoms with E-state index in [1.807, 2.05) is 25.1 Å². The van der Waals surface area contributed by atoms with Gasteiger partial charge < -0.3 is 10.4 Å². The minimum atomic E-state index is -0.765. The van der Waals surface area contributed by atoms with E-state index >= 15 is 0 Å². The molecular weight excluding hydrogens is 310 g/mol. The smallest absolute Gasteiger partial charge is 0.306 e. The van der Waals surface area contributed by atoms with E-state index in [4.69, 9.17) is 5.11 Å². The van der Waals surface area contributed by atoms with Gasteiger partial charge in [0.15, 0.2) is 0 Å². The van der Waals surface area contributed by atoms with Gasteiger partial charge in [0.2, 0.25) is 5.91 Å². The molecular formula is C16H19N5O3. The van der Waals surface area contributed by atoms with Crippen molar-refractivity contribution in [2.75, 3.05) is 5.32 Å². The number of rotatable bonds is 4. The summed E-state index contributed by atoms with van der Waals surface area (Å²) in [5, 5.41) is 23.1. The van der Waals surface area contributed by atoms with Gasteiger partial charge >= 0.3 is 5.97 Å². The van der Waals surface area contributed by atoms with Crippen LogP contribution in [-0.4, -0.2) is 37.2 Å². The highest BCUT2D eigenvalue weighted by molar-refractivity contribution is 5.93. The summed E-state index contributed by atoms with van der Waals surface area (Å²) in [5.41, 5.74) is 2.46. The molecule has 0 bridgehead atoms. The van der Waals surface area contributed by atoms with Crippen molar-refractivity contribution in [2.24, 2.45) is 11.8 Å². The van der Waals surface area contributed by atoms with E-state index in [1.54, 1.807) is 4.68 Å². The number of anilines is 1. The number of amides is 1. The standard InChI is InChI=1S/C16H19N5O3/c1-10-2-7-13(8-14(10)21-9-17-19-20-21)18-15(22)11-3-5-12(6-4-11)16(23)24/h2,7-9,11-12H,3-6H2,1H3,(H,18,22)(H,23,24). The van der Waals surface area contributed by atoms with Crippen LogP contribution in [0.15, 0.2) is 24.5 Å². The molecule has 2 aromatic rings. The average molecular weight is 329 g/mol. The van der Waals surface area contributed by atoms with Gasteiger partial charge in [0.25, 0.3) is 0 Å². The Morgan fingerprint density at radius 1 is 1.21 bits per heavy atom. The summed E-state index contributed by atoms with van der Waals surface area (Å²) in [7, 11) is 0. The molecule has 1 heterocycles. The zero-order chi connectivity index (χ0) is 17.1. The van der Waals surface area contributed by atoms with Crippen molar-refractivity contribution in [3.8, 4) is 5.69 Å². The molecule has 8 nitrogen and oxygen atoms in total. The van der Waals surface area contributed by atoms with E-state index in [0.29, 0.717) is 31.4 Å². The highest BCUT2D eigenvalue weighted by Gasteiger charge is 2.29. The van der Waals surface area contributed by atoms with Crippen LogP contribution in [-0.2, 0) is 9.59 Å². The van der Waals surface area contributed by atoms with Crippen LogP contribution >= 0.6 is 0 Å². The molecule has 1 aliphatic carbocycles. The maximum Gasteiger partial charge on any atom is 0.306 e. The molecule has 126 valence electrons. The number of tetrazole rings is 1. The van der Waals surface area contributed by atoms with Crippen LogP contribution in [0.2, 0.25) is 0 Å². The van der Waals surface area contributed by atoms with Crippen molar-refractivity contribution in [2.45, 2.75) is 32.6 Å².